The van der Waals surface area contributed by atoms with E-state index in [1.807, 2.05) is 0 Å². The fourth-order valence-corrected chi connectivity index (χ4v) is 6.53. The van der Waals surface area contributed by atoms with Crippen LogP contribution in [-0.4, -0.2) is 98.9 Å². The zero-order chi connectivity index (χ0) is 40.6. The summed E-state index contributed by atoms with van der Waals surface area (Å²) in [6, 6.07) is 0. The van der Waals surface area contributed by atoms with E-state index in [-0.39, 0.29) is 13.0 Å². The first kappa shape index (κ1) is 50.8. The SMILES string of the molecule is CC/C=C\C/C=C\C/C=C\C/C=C\C/C=C\CCCCOCC(COP(=O)(O)OC1C(O)C(O)C(O)C(O)C1O)OC(=O)CCCCCCC/C=C\CCC. The Bertz CT molecular complexity index is 1180. The minimum Gasteiger partial charge on any atom is -0.457 e. The normalized spacial score (nSPS) is 24.0. The van der Waals surface area contributed by atoms with Crippen molar-refractivity contribution < 1.29 is 58.3 Å². The third kappa shape index (κ3) is 25.6. The monoisotopic (exact) mass is 798 g/mol. The van der Waals surface area contributed by atoms with Gasteiger partial charge in [0, 0.05) is 13.0 Å². The van der Waals surface area contributed by atoms with E-state index in [9.17, 15) is 39.8 Å². The van der Waals surface area contributed by atoms with Gasteiger partial charge in [-0.3, -0.25) is 13.8 Å². The summed E-state index contributed by atoms with van der Waals surface area (Å²) in [5.74, 6) is -0.509. The van der Waals surface area contributed by atoms with Crippen LogP contribution in [0.4, 0.5) is 0 Å². The molecule has 6 unspecified atom stereocenters. The lowest BCUT2D eigenvalue weighted by Gasteiger charge is -2.41. The van der Waals surface area contributed by atoms with Crippen LogP contribution in [0.15, 0.2) is 72.9 Å². The third-order valence-corrected chi connectivity index (χ3v) is 9.78. The van der Waals surface area contributed by atoms with Crippen molar-refractivity contribution in [3.63, 3.8) is 0 Å². The average molecular weight is 799 g/mol. The molecule has 0 radical (unpaired) electrons. The summed E-state index contributed by atoms with van der Waals surface area (Å²) < 4.78 is 33.9. The maximum absolute atomic E-state index is 12.7. The van der Waals surface area contributed by atoms with Gasteiger partial charge in [-0.2, -0.15) is 0 Å². The molecule has 0 amide bonds. The highest BCUT2D eigenvalue weighted by molar-refractivity contribution is 7.47. The minimum atomic E-state index is -5.03. The van der Waals surface area contributed by atoms with E-state index in [1.165, 1.54) is 0 Å². The number of aliphatic hydroxyl groups is 5. The molecule has 1 aliphatic carbocycles. The molecule has 0 spiro atoms. The van der Waals surface area contributed by atoms with Gasteiger partial charge < -0.3 is 39.9 Å². The Labute approximate surface area is 329 Å². The van der Waals surface area contributed by atoms with Crippen molar-refractivity contribution in [2.45, 2.75) is 166 Å². The van der Waals surface area contributed by atoms with E-state index in [1.54, 1.807) is 0 Å². The van der Waals surface area contributed by atoms with Crippen LogP contribution < -0.4 is 0 Å². The summed E-state index contributed by atoms with van der Waals surface area (Å²) in [4.78, 5) is 23.0. The number of unbranched alkanes of at least 4 members (excludes halogenated alkanes) is 8. The lowest BCUT2D eigenvalue weighted by Crippen LogP contribution is -2.64. The minimum absolute atomic E-state index is 0.114. The zero-order valence-corrected chi connectivity index (χ0v) is 34.1. The molecule has 0 aromatic heterocycles. The van der Waals surface area contributed by atoms with E-state index in [4.69, 9.17) is 18.5 Å². The second-order valence-corrected chi connectivity index (χ2v) is 15.2. The highest BCUT2D eigenvalue weighted by atomic mass is 31.2. The van der Waals surface area contributed by atoms with E-state index in [2.05, 4.69) is 86.8 Å². The first-order valence-electron chi connectivity index (χ1n) is 20.3. The molecule has 0 aromatic carbocycles. The molecule has 0 saturated heterocycles. The van der Waals surface area contributed by atoms with Crippen molar-refractivity contribution in [1.29, 1.82) is 0 Å². The van der Waals surface area contributed by atoms with Gasteiger partial charge >= 0.3 is 13.8 Å². The second kappa shape index (κ2) is 32.8. The zero-order valence-electron chi connectivity index (χ0n) is 33.2. The molecule has 0 aliphatic heterocycles. The van der Waals surface area contributed by atoms with Gasteiger partial charge in [0.1, 0.15) is 42.7 Å². The molecule has 0 heterocycles. The Hall–Kier alpha value is -2.22. The Balaban J connectivity index is 2.48. The first-order chi connectivity index (χ1) is 26.5. The summed E-state index contributed by atoms with van der Waals surface area (Å²) in [7, 11) is -5.03. The molecule has 1 fully saturated rings. The third-order valence-electron chi connectivity index (χ3n) is 8.79. The van der Waals surface area contributed by atoms with Gasteiger partial charge in [0.15, 0.2) is 0 Å². The molecule has 1 rings (SSSR count). The van der Waals surface area contributed by atoms with Gasteiger partial charge in [-0.15, -0.1) is 0 Å². The molecule has 1 aliphatic rings. The maximum atomic E-state index is 12.7. The fraction of sp³-hybridized carbons (Fsp3) is 0.690. The smallest absolute Gasteiger partial charge is 0.457 e. The molecule has 6 atom stereocenters. The van der Waals surface area contributed by atoms with Crippen LogP contribution in [0.2, 0.25) is 0 Å². The first-order valence-corrected chi connectivity index (χ1v) is 21.8. The number of carbonyl (C=O) groups excluding carboxylic acids is 1. The largest absolute Gasteiger partial charge is 0.472 e. The molecule has 0 bridgehead atoms. The molecule has 1 saturated carbocycles. The Kier molecular flexibility index (Phi) is 30.3. The molecule has 13 heteroatoms. The van der Waals surface area contributed by atoms with Crippen LogP contribution in [0.1, 0.15) is 123 Å². The fourth-order valence-electron chi connectivity index (χ4n) is 5.56. The summed E-state index contributed by atoms with van der Waals surface area (Å²) >= 11 is 0. The Morgan fingerprint density at radius 3 is 1.65 bits per heavy atom. The van der Waals surface area contributed by atoms with Crippen LogP contribution in [-0.2, 0) is 27.9 Å². The molecule has 6 N–H and O–H groups in total. The number of carbonyl (C=O) groups is 1. The molecule has 55 heavy (non-hydrogen) atoms. The number of phosphoric ester groups is 1. The highest BCUT2D eigenvalue weighted by Gasteiger charge is 2.51. The van der Waals surface area contributed by atoms with Crippen molar-refractivity contribution in [1.82, 2.24) is 0 Å². The molecule has 12 nitrogen and oxygen atoms in total. The van der Waals surface area contributed by atoms with E-state index < -0.39 is 63.1 Å². The number of allylic oxidation sites excluding steroid dienone is 12. The van der Waals surface area contributed by atoms with Crippen molar-refractivity contribution in [2.24, 2.45) is 0 Å². The van der Waals surface area contributed by atoms with Crippen molar-refractivity contribution >= 4 is 13.8 Å². The van der Waals surface area contributed by atoms with Crippen LogP contribution in [0.3, 0.4) is 0 Å². The molecule has 316 valence electrons. The standard InChI is InChI=1S/C42H71O12P/c1-3-5-7-9-11-13-15-16-17-18-19-20-21-22-24-26-28-30-32-51-33-35(53-36(43)31-29-27-25-23-14-12-10-8-6-4-2)34-52-55(49,50)54-42-40(47)38(45)37(44)39(46)41(42)48/h5,7-8,10-11,13,16-17,19-20,22,24,35,37-42,44-48H,3-4,6,9,12,14-15,18,21,23,25-34H2,1-2H3,(H,49,50)/b7-5-,10-8-,13-11-,17-16-,20-19-,24-22-. The molecular formula is C42H71O12P. The summed E-state index contributed by atoms with van der Waals surface area (Å²) in [6.45, 7) is 3.92. The maximum Gasteiger partial charge on any atom is 0.472 e. The molecular weight excluding hydrogens is 727 g/mol. The summed E-state index contributed by atoms with van der Waals surface area (Å²) in [5, 5.41) is 50.0. The van der Waals surface area contributed by atoms with E-state index in [0.717, 1.165) is 96.3 Å². The number of hydrogen-bond acceptors (Lipinski definition) is 11. The van der Waals surface area contributed by atoms with Gasteiger partial charge in [0.05, 0.1) is 13.2 Å². The number of aliphatic hydroxyl groups excluding tert-OH is 5. The van der Waals surface area contributed by atoms with Gasteiger partial charge in [-0.1, -0.05) is 112 Å². The highest BCUT2D eigenvalue weighted by Crippen LogP contribution is 2.47. The summed E-state index contributed by atoms with van der Waals surface area (Å²) in [5.41, 5.74) is 0. The van der Waals surface area contributed by atoms with Crippen molar-refractivity contribution in [3.8, 4) is 0 Å². The lowest BCUT2D eigenvalue weighted by molar-refractivity contribution is -0.220. The second-order valence-electron chi connectivity index (χ2n) is 13.7. The van der Waals surface area contributed by atoms with Gasteiger partial charge in [-0.05, 0) is 77.0 Å². The average Bonchev–Trinajstić information content (AvgIpc) is 3.17. The topological polar surface area (TPSA) is 192 Å². The number of phosphoric acid groups is 1. The quantitative estimate of drug-likeness (QED) is 0.0173. The van der Waals surface area contributed by atoms with Gasteiger partial charge in [0.25, 0.3) is 0 Å². The van der Waals surface area contributed by atoms with Gasteiger partial charge in [0.2, 0.25) is 0 Å². The van der Waals surface area contributed by atoms with Crippen LogP contribution in [0, 0.1) is 0 Å². The number of hydrogen-bond donors (Lipinski definition) is 6. The Morgan fingerprint density at radius 2 is 1.07 bits per heavy atom. The summed E-state index contributed by atoms with van der Waals surface area (Å²) in [6.07, 6.45) is 28.5. The molecule has 0 aromatic rings. The van der Waals surface area contributed by atoms with E-state index >= 15 is 0 Å². The predicted octanol–water partition coefficient (Wildman–Crippen LogP) is 7.24. The predicted molar refractivity (Wildman–Crippen MR) is 216 cm³/mol. The Morgan fingerprint density at radius 1 is 0.600 bits per heavy atom. The van der Waals surface area contributed by atoms with Gasteiger partial charge in [-0.25, -0.2) is 4.57 Å². The van der Waals surface area contributed by atoms with Crippen LogP contribution in [0.25, 0.3) is 0 Å². The number of esters is 1. The van der Waals surface area contributed by atoms with E-state index in [0.29, 0.717) is 13.0 Å². The van der Waals surface area contributed by atoms with Crippen LogP contribution in [0.5, 0.6) is 0 Å². The lowest BCUT2D eigenvalue weighted by atomic mass is 9.85. The number of ether oxygens (including phenoxy) is 2. The van der Waals surface area contributed by atoms with Crippen molar-refractivity contribution in [2.75, 3.05) is 19.8 Å². The number of rotatable bonds is 32. The van der Waals surface area contributed by atoms with Crippen LogP contribution >= 0.6 is 7.82 Å². The van der Waals surface area contributed by atoms with Crippen molar-refractivity contribution in [3.05, 3.63) is 72.9 Å².